The van der Waals surface area contributed by atoms with Gasteiger partial charge in [0, 0.05) is 67.2 Å². The number of piperidine rings is 3. The lowest BCUT2D eigenvalue weighted by Gasteiger charge is -2.36. The molecule has 0 bridgehead atoms. The zero-order valence-corrected chi connectivity index (χ0v) is 51.4. The summed E-state index contributed by atoms with van der Waals surface area (Å²) >= 11 is 1.48. The molecule has 12 N–H and O–H groups in total. The third-order valence-electron chi connectivity index (χ3n) is 17.2. The molecule has 0 radical (unpaired) electrons. The van der Waals surface area contributed by atoms with E-state index < -0.39 is 17.7 Å². The maximum absolute atomic E-state index is 12.3. The van der Waals surface area contributed by atoms with Crippen LogP contribution in [0.1, 0.15) is 118 Å². The van der Waals surface area contributed by atoms with Gasteiger partial charge in [-0.15, -0.1) is 0 Å². The summed E-state index contributed by atoms with van der Waals surface area (Å²) < 4.78 is 16.7. The highest BCUT2D eigenvalue weighted by Crippen LogP contribution is 2.50. The van der Waals surface area contributed by atoms with Crippen molar-refractivity contribution in [1.29, 1.82) is 15.8 Å². The van der Waals surface area contributed by atoms with Crippen molar-refractivity contribution in [3.8, 4) is 52.7 Å². The number of ether oxygens (including phenoxy) is 2. The van der Waals surface area contributed by atoms with E-state index in [1.165, 1.54) is 17.3 Å². The van der Waals surface area contributed by atoms with Crippen molar-refractivity contribution in [3.63, 3.8) is 0 Å². The van der Waals surface area contributed by atoms with Gasteiger partial charge < -0.3 is 58.6 Å². The summed E-state index contributed by atoms with van der Waals surface area (Å²) in [6.45, 7) is 5.70. The van der Waals surface area contributed by atoms with E-state index in [1.54, 1.807) is 54.4 Å². The number of hydrogen-bond acceptors (Lipinski definition) is 21. The van der Waals surface area contributed by atoms with E-state index in [0.29, 0.717) is 84.2 Å². The molecule has 9 heterocycles. The van der Waals surface area contributed by atoms with Crippen LogP contribution in [0.25, 0.3) is 22.5 Å². The van der Waals surface area contributed by atoms with E-state index in [1.807, 2.05) is 89.8 Å². The van der Waals surface area contributed by atoms with Gasteiger partial charge >= 0.3 is 0 Å². The Balaban J connectivity index is 0.000000141. The second-order valence-electron chi connectivity index (χ2n) is 23.3. The summed E-state index contributed by atoms with van der Waals surface area (Å²) in [5, 5.41) is 42.8. The number of para-hydroxylation sites is 1. The number of nitrogen functional groups attached to an aromatic ring is 3. The van der Waals surface area contributed by atoms with Crippen LogP contribution < -0.4 is 39.1 Å². The minimum absolute atomic E-state index is 0.0149. The Bertz CT molecular complexity index is 4060. The molecule has 4 saturated heterocycles. The number of morpholine rings is 1. The predicted molar refractivity (Wildman–Crippen MR) is 343 cm³/mol. The van der Waals surface area contributed by atoms with Crippen LogP contribution in [0.2, 0.25) is 0 Å². The lowest BCUT2D eigenvalue weighted by atomic mass is 9.97. The number of nitriles is 3. The predicted octanol–water partition coefficient (Wildman–Crippen LogP) is 7.22. The van der Waals surface area contributed by atoms with Gasteiger partial charge in [-0.25, -0.2) is 24.0 Å². The minimum atomic E-state index is -0.653. The molecule has 5 aromatic heterocycles. The minimum Gasteiger partial charge on any atom is -0.439 e. The maximum Gasteiger partial charge on any atom is 0.254 e. The SMILES string of the molecule is N#CN1CC(n2nc(-c3ccc(Oc4ccccc4)nc3)c(C(N)=O)c2N)CCC12CC2.N#CN1CCCC(n2nc(-c3cccnc3Sc3ccccc3)c(C(N)=O)c2N)C1.N#CN1CCCC(n2nc(C3CN(Cc4ccccc4)CCO3)c(C(N)=O)c2N)C1. The van der Waals surface area contributed by atoms with Crippen LogP contribution >= 0.6 is 11.8 Å². The first kappa shape index (κ1) is 62.9. The Morgan fingerprint density at radius 2 is 1.18 bits per heavy atom. The van der Waals surface area contributed by atoms with Crippen molar-refractivity contribution >= 4 is 46.9 Å². The largest absolute Gasteiger partial charge is 0.439 e. The summed E-state index contributed by atoms with van der Waals surface area (Å²) in [5.41, 5.74) is 40.4. The Labute approximate surface area is 535 Å². The number of amides is 3. The fourth-order valence-electron chi connectivity index (χ4n) is 12.4. The smallest absolute Gasteiger partial charge is 0.254 e. The van der Waals surface area contributed by atoms with Crippen molar-refractivity contribution in [2.24, 2.45) is 17.2 Å². The number of nitrogens with zero attached hydrogens (tertiary/aromatic N) is 15. The molecule has 1 aliphatic carbocycles. The van der Waals surface area contributed by atoms with Crippen LogP contribution in [-0.4, -0.2) is 135 Å². The number of carbonyl (C=O) groups is 3. The molecule has 4 unspecified atom stereocenters. The molecule has 4 aliphatic heterocycles. The molecule has 13 rings (SSSR count). The molecule has 3 amide bonds. The Kier molecular flexibility index (Phi) is 19.2. The fourth-order valence-corrected chi connectivity index (χ4v) is 13.3. The topological polar surface area (TPSA) is 389 Å². The van der Waals surface area contributed by atoms with Crippen molar-refractivity contribution in [3.05, 3.63) is 156 Å². The standard InChI is InChI=1S/C23H23N7O2.C21H27N7O2.C21H21N7OS/c24-14-29-13-16(8-9-23(29)10-11-23)30-21(25)19(22(26)31)20(28-30)15-6-7-18(27-12-15)32-17-4-2-1-3-5-17;22-14-27-8-4-7-16(12-27)28-20(23)18(21(24)29)19(25-28)17-13-26(9-10-30-17)11-15-5-2-1-3-6-15;22-13-27-11-5-6-14(12-27)28-19(23)17(20(24)29)18(26-28)16-9-4-10-25-21(16)30-15-7-2-1-3-8-15/h1-7,12,16H,8-11,13,25H2,(H2,26,31);1-3,5-6,16-17H,4,7-13,23H2,(H2,24,29);1-4,7-10,14H,5-6,11-12,23H2,(H2,24,29). The highest BCUT2D eigenvalue weighted by atomic mass is 32.2. The molecule has 92 heavy (non-hydrogen) atoms. The van der Waals surface area contributed by atoms with E-state index in [0.717, 1.165) is 75.9 Å². The van der Waals surface area contributed by atoms with Gasteiger partial charge in [0.1, 0.15) is 68.1 Å². The summed E-state index contributed by atoms with van der Waals surface area (Å²) in [5.74, 6) is -0.113. The second kappa shape index (κ2) is 28.0. The quantitative estimate of drug-likeness (QED) is 0.0551. The first-order valence-corrected chi connectivity index (χ1v) is 31.2. The lowest BCUT2D eigenvalue weighted by molar-refractivity contribution is -0.0356. The third kappa shape index (κ3) is 13.9. The highest BCUT2D eigenvalue weighted by Gasteiger charge is 2.51. The number of rotatable bonds is 15. The van der Waals surface area contributed by atoms with Crippen molar-refractivity contribution in [1.82, 2.24) is 58.9 Å². The summed E-state index contributed by atoms with van der Waals surface area (Å²) in [4.78, 5) is 54.1. The number of anilines is 3. The molecular weight excluding hydrogens is 1190 g/mol. The summed E-state index contributed by atoms with van der Waals surface area (Å²) in [7, 11) is 0. The van der Waals surface area contributed by atoms with Gasteiger partial charge in [0.2, 0.25) is 5.88 Å². The van der Waals surface area contributed by atoms with Crippen LogP contribution in [0.15, 0.2) is 138 Å². The number of hydrogen-bond donors (Lipinski definition) is 6. The normalized spacial score (nSPS) is 19.2. The third-order valence-corrected chi connectivity index (χ3v) is 18.3. The number of aromatic nitrogens is 8. The molecule has 8 aromatic rings. The van der Waals surface area contributed by atoms with Crippen LogP contribution in [-0.2, 0) is 11.3 Å². The van der Waals surface area contributed by atoms with E-state index in [-0.39, 0.29) is 63.9 Å². The number of benzene rings is 3. The molecule has 5 aliphatic rings. The fraction of sp³-hybridized carbons (Fsp3) is 0.338. The second-order valence-corrected chi connectivity index (χ2v) is 24.3. The van der Waals surface area contributed by atoms with Crippen molar-refractivity contribution < 1.29 is 23.9 Å². The summed E-state index contributed by atoms with van der Waals surface area (Å²) in [6.07, 6.45) is 16.8. The Morgan fingerprint density at radius 1 is 0.609 bits per heavy atom. The molecule has 1 spiro atoms. The van der Waals surface area contributed by atoms with Gasteiger partial charge in [-0.05, 0) is 99.4 Å². The number of primary amides is 3. The maximum atomic E-state index is 12.3. The van der Waals surface area contributed by atoms with Crippen molar-refractivity contribution in [2.45, 2.75) is 97.6 Å². The Morgan fingerprint density at radius 3 is 1.77 bits per heavy atom. The highest BCUT2D eigenvalue weighted by molar-refractivity contribution is 7.99. The monoisotopic (exact) mass is 1260 g/mol. The van der Waals surface area contributed by atoms with Crippen LogP contribution in [0, 0.1) is 34.4 Å². The van der Waals surface area contributed by atoms with Crippen molar-refractivity contribution in [2.75, 3.05) is 69.6 Å². The molecule has 472 valence electrons. The van der Waals surface area contributed by atoms with Crippen LogP contribution in [0.4, 0.5) is 17.5 Å². The molecule has 26 nitrogen and oxygen atoms in total. The van der Waals surface area contributed by atoms with Gasteiger partial charge in [-0.3, -0.25) is 19.3 Å². The zero-order valence-electron chi connectivity index (χ0n) is 50.6. The molecular formula is C65H71N21O5S. The van der Waals surface area contributed by atoms with Gasteiger partial charge in [0.25, 0.3) is 17.7 Å². The van der Waals surface area contributed by atoms with E-state index in [9.17, 15) is 30.2 Å². The summed E-state index contributed by atoms with van der Waals surface area (Å²) in [6, 6.07) is 36.2. The first-order valence-electron chi connectivity index (χ1n) is 30.4. The number of pyridine rings is 2. The lowest BCUT2D eigenvalue weighted by Crippen LogP contribution is -2.43. The van der Waals surface area contributed by atoms with E-state index >= 15 is 0 Å². The average molecular weight is 1260 g/mol. The number of carbonyl (C=O) groups excluding carboxylic acids is 3. The molecule has 5 fully saturated rings. The molecule has 3 aromatic carbocycles. The molecule has 1 saturated carbocycles. The zero-order chi connectivity index (χ0) is 64.5. The Hall–Kier alpha value is -10.7. The van der Waals surface area contributed by atoms with Crippen LogP contribution in [0.3, 0.4) is 0 Å². The number of likely N-dealkylation sites (tertiary alicyclic amines) is 3. The van der Waals surface area contributed by atoms with Crippen LogP contribution in [0.5, 0.6) is 11.6 Å². The van der Waals surface area contributed by atoms with Gasteiger partial charge in [0.05, 0.1) is 49.9 Å². The molecule has 4 atom stereocenters. The van der Waals surface area contributed by atoms with Gasteiger partial charge in [-0.1, -0.05) is 78.5 Å². The first-order chi connectivity index (χ1) is 44.6. The van der Waals surface area contributed by atoms with E-state index in [4.69, 9.17) is 54.1 Å². The molecule has 27 heteroatoms. The van der Waals surface area contributed by atoms with Gasteiger partial charge in [0.15, 0.2) is 18.6 Å². The average Bonchev–Trinajstić information content (AvgIpc) is 1.61. The van der Waals surface area contributed by atoms with Gasteiger partial charge in [-0.2, -0.15) is 31.1 Å². The van der Waals surface area contributed by atoms with E-state index in [2.05, 4.69) is 50.7 Å². The number of nitrogens with two attached hydrogens (primary N) is 6.